The third kappa shape index (κ3) is 2.25. The van der Waals surface area contributed by atoms with Crippen molar-refractivity contribution in [2.24, 2.45) is 5.73 Å². The highest BCUT2D eigenvalue weighted by molar-refractivity contribution is 6.10. The number of nitrogens with two attached hydrogens (primary N) is 1. The summed E-state index contributed by atoms with van der Waals surface area (Å²) >= 11 is 0. The normalized spacial score (nSPS) is 22.8. The molecule has 2 N–H and O–H groups in total. The van der Waals surface area contributed by atoms with Crippen molar-refractivity contribution in [1.82, 2.24) is 4.98 Å². The van der Waals surface area contributed by atoms with Gasteiger partial charge in [0.15, 0.2) is 5.78 Å². The minimum Gasteiger partial charge on any atom is -0.366 e. The zero-order chi connectivity index (χ0) is 13.2. The van der Waals surface area contributed by atoms with E-state index in [0.29, 0.717) is 12.1 Å². The smallest absolute Gasteiger partial charge is 0.192 e. The number of carbonyl (C=O) groups excluding carboxylic acids is 1. The topological polar surface area (TPSA) is 65.2 Å². The van der Waals surface area contributed by atoms with Gasteiger partial charge in [-0.05, 0) is 24.3 Å². The van der Waals surface area contributed by atoms with Gasteiger partial charge in [-0.15, -0.1) is 0 Å². The molecule has 2 unspecified atom stereocenters. The molecule has 2 atom stereocenters. The molecule has 1 aromatic heterocycles. The number of Topliss-reactive ketones (excluding diaryl/α,β-unsaturated/α-hetero) is 1. The molecule has 1 fully saturated rings. The Hall–Kier alpha value is -1.78. The molecule has 3 rings (SSSR count). The number of carbonyl (C=O) groups is 1. The summed E-state index contributed by atoms with van der Waals surface area (Å²) in [6.07, 6.45) is 4.75. The minimum atomic E-state index is -0.354. The molecular weight excluding hydrogens is 240 g/mol. The summed E-state index contributed by atoms with van der Waals surface area (Å²) in [5.74, 6) is 0.0488. The SMILES string of the molecule is NCC1CCC(C(=O)c2cccc3cnccc23)O1. The van der Waals surface area contributed by atoms with Crippen LogP contribution in [0.5, 0.6) is 0 Å². The Bertz CT molecular complexity index is 607. The number of hydrogen-bond acceptors (Lipinski definition) is 4. The second-order valence-corrected chi connectivity index (χ2v) is 4.83. The van der Waals surface area contributed by atoms with E-state index in [4.69, 9.17) is 10.5 Å². The van der Waals surface area contributed by atoms with Gasteiger partial charge in [0.2, 0.25) is 0 Å². The number of rotatable bonds is 3. The van der Waals surface area contributed by atoms with Crippen molar-refractivity contribution in [1.29, 1.82) is 0 Å². The summed E-state index contributed by atoms with van der Waals surface area (Å²) in [7, 11) is 0. The summed E-state index contributed by atoms with van der Waals surface area (Å²) in [6.45, 7) is 0.475. The standard InChI is InChI=1S/C15H16N2O2/c16-8-11-4-5-14(19-11)15(18)13-3-1-2-10-9-17-7-6-12(10)13/h1-3,6-7,9,11,14H,4-5,8,16H2. The maximum absolute atomic E-state index is 12.5. The molecule has 0 amide bonds. The molecular formula is C15H16N2O2. The number of pyridine rings is 1. The van der Waals surface area contributed by atoms with Crippen LogP contribution in [-0.4, -0.2) is 29.5 Å². The van der Waals surface area contributed by atoms with Crippen LogP contribution < -0.4 is 5.73 Å². The van der Waals surface area contributed by atoms with Gasteiger partial charge in [0.25, 0.3) is 0 Å². The van der Waals surface area contributed by atoms with Crippen LogP contribution in [0.3, 0.4) is 0 Å². The zero-order valence-electron chi connectivity index (χ0n) is 10.6. The first-order valence-corrected chi connectivity index (χ1v) is 6.52. The monoisotopic (exact) mass is 256 g/mol. The van der Waals surface area contributed by atoms with Gasteiger partial charge in [0.1, 0.15) is 6.10 Å². The van der Waals surface area contributed by atoms with Crippen LogP contribution in [0.2, 0.25) is 0 Å². The van der Waals surface area contributed by atoms with Crippen LogP contribution in [0.1, 0.15) is 23.2 Å². The number of ether oxygens (including phenoxy) is 1. The first-order valence-electron chi connectivity index (χ1n) is 6.52. The van der Waals surface area contributed by atoms with E-state index in [9.17, 15) is 4.79 Å². The number of benzene rings is 1. The van der Waals surface area contributed by atoms with Crippen LogP contribution in [-0.2, 0) is 4.74 Å². The van der Waals surface area contributed by atoms with Crippen LogP contribution in [0.25, 0.3) is 10.8 Å². The van der Waals surface area contributed by atoms with E-state index < -0.39 is 0 Å². The molecule has 98 valence electrons. The summed E-state index contributed by atoms with van der Waals surface area (Å²) < 4.78 is 5.69. The highest BCUT2D eigenvalue weighted by atomic mass is 16.5. The number of ketones is 1. The Balaban J connectivity index is 1.94. The number of hydrogen-bond donors (Lipinski definition) is 1. The van der Waals surface area contributed by atoms with Crippen LogP contribution in [0, 0.1) is 0 Å². The molecule has 1 saturated heterocycles. The minimum absolute atomic E-state index is 0.0191. The van der Waals surface area contributed by atoms with Gasteiger partial charge in [-0.25, -0.2) is 0 Å². The van der Waals surface area contributed by atoms with Crippen molar-refractivity contribution < 1.29 is 9.53 Å². The van der Waals surface area contributed by atoms with Gasteiger partial charge in [0.05, 0.1) is 6.10 Å². The number of fused-ring (bicyclic) bond motifs is 1. The third-order valence-electron chi connectivity index (χ3n) is 3.61. The Kier molecular flexibility index (Phi) is 3.27. The maximum atomic E-state index is 12.5. The summed E-state index contributed by atoms with van der Waals surface area (Å²) in [4.78, 5) is 16.6. The van der Waals surface area contributed by atoms with Gasteiger partial charge < -0.3 is 10.5 Å². The van der Waals surface area contributed by atoms with Crippen LogP contribution >= 0.6 is 0 Å². The van der Waals surface area contributed by atoms with Gasteiger partial charge in [-0.2, -0.15) is 0 Å². The fourth-order valence-corrected chi connectivity index (χ4v) is 2.58. The molecule has 0 aliphatic carbocycles. The van der Waals surface area contributed by atoms with Gasteiger partial charge in [0, 0.05) is 29.9 Å². The van der Waals surface area contributed by atoms with Gasteiger partial charge >= 0.3 is 0 Å². The highest BCUT2D eigenvalue weighted by Gasteiger charge is 2.31. The molecule has 1 aliphatic heterocycles. The lowest BCUT2D eigenvalue weighted by molar-refractivity contribution is 0.0405. The molecule has 0 spiro atoms. The molecule has 19 heavy (non-hydrogen) atoms. The van der Waals surface area contributed by atoms with E-state index >= 15 is 0 Å². The lowest BCUT2D eigenvalue weighted by Gasteiger charge is -2.12. The van der Waals surface area contributed by atoms with Gasteiger partial charge in [-0.3, -0.25) is 9.78 Å². The number of nitrogens with zero attached hydrogens (tertiary/aromatic N) is 1. The third-order valence-corrected chi connectivity index (χ3v) is 3.61. The fourth-order valence-electron chi connectivity index (χ4n) is 2.58. The molecule has 2 aromatic rings. The largest absolute Gasteiger partial charge is 0.366 e. The predicted octanol–water partition coefficient (Wildman–Crippen LogP) is 1.92. The Morgan fingerprint density at radius 2 is 2.26 bits per heavy atom. The number of aromatic nitrogens is 1. The fraction of sp³-hybridized carbons (Fsp3) is 0.333. The van der Waals surface area contributed by atoms with E-state index in [1.807, 2.05) is 24.3 Å². The highest BCUT2D eigenvalue weighted by Crippen LogP contribution is 2.25. The Morgan fingerprint density at radius 1 is 1.37 bits per heavy atom. The van der Waals surface area contributed by atoms with Crippen molar-refractivity contribution >= 4 is 16.6 Å². The summed E-state index contributed by atoms with van der Waals surface area (Å²) in [5.41, 5.74) is 6.29. The van der Waals surface area contributed by atoms with Crippen molar-refractivity contribution in [3.63, 3.8) is 0 Å². The molecule has 4 nitrogen and oxygen atoms in total. The molecule has 0 saturated carbocycles. The average molecular weight is 256 g/mol. The van der Waals surface area contributed by atoms with Crippen molar-refractivity contribution in [2.75, 3.05) is 6.54 Å². The van der Waals surface area contributed by atoms with E-state index in [0.717, 1.165) is 23.6 Å². The molecule has 2 heterocycles. The van der Waals surface area contributed by atoms with Crippen LogP contribution in [0.4, 0.5) is 0 Å². The Labute approximate surface area is 111 Å². The predicted molar refractivity (Wildman–Crippen MR) is 73.0 cm³/mol. The molecule has 0 radical (unpaired) electrons. The van der Waals surface area contributed by atoms with E-state index in [-0.39, 0.29) is 18.0 Å². The first kappa shape index (κ1) is 12.3. The summed E-state index contributed by atoms with van der Waals surface area (Å²) in [6, 6.07) is 7.56. The molecule has 0 bridgehead atoms. The summed E-state index contributed by atoms with van der Waals surface area (Å²) in [5, 5.41) is 1.91. The second-order valence-electron chi connectivity index (χ2n) is 4.83. The lowest BCUT2D eigenvalue weighted by Crippen LogP contribution is -2.25. The molecule has 1 aromatic carbocycles. The first-order chi connectivity index (χ1) is 9.29. The van der Waals surface area contributed by atoms with E-state index in [2.05, 4.69) is 4.98 Å². The quantitative estimate of drug-likeness (QED) is 0.852. The second kappa shape index (κ2) is 5.07. The van der Waals surface area contributed by atoms with Crippen molar-refractivity contribution in [2.45, 2.75) is 25.0 Å². The van der Waals surface area contributed by atoms with Crippen molar-refractivity contribution in [3.05, 3.63) is 42.2 Å². The van der Waals surface area contributed by atoms with Gasteiger partial charge in [-0.1, -0.05) is 18.2 Å². The maximum Gasteiger partial charge on any atom is 0.192 e. The molecule has 1 aliphatic rings. The molecule has 4 heteroatoms. The average Bonchev–Trinajstić information content (AvgIpc) is 2.95. The van der Waals surface area contributed by atoms with Crippen LogP contribution in [0.15, 0.2) is 36.7 Å². The van der Waals surface area contributed by atoms with Crippen molar-refractivity contribution in [3.8, 4) is 0 Å². The van der Waals surface area contributed by atoms with E-state index in [1.54, 1.807) is 12.4 Å². The zero-order valence-corrected chi connectivity index (χ0v) is 10.6. The Morgan fingerprint density at radius 3 is 3.05 bits per heavy atom. The van der Waals surface area contributed by atoms with E-state index in [1.165, 1.54) is 0 Å². The lowest BCUT2D eigenvalue weighted by atomic mass is 9.98.